The number of nitrogens with zero attached hydrogens (tertiary/aromatic N) is 1. The molecule has 1 fully saturated rings. The van der Waals surface area contributed by atoms with E-state index in [4.69, 9.17) is 9.16 Å². The monoisotopic (exact) mass is 281 g/mol. The van der Waals surface area contributed by atoms with Crippen molar-refractivity contribution >= 4 is 8.32 Å². The molecule has 0 N–H and O–H groups in total. The molecule has 2 unspecified atom stereocenters. The van der Waals surface area contributed by atoms with Gasteiger partial charge in [-0.2, -0.15) is 0 Å². The molecule has 0 aromatic heterocycles. The molecule has 1 saturated heterocycles. The lowest BCUT2D eigenvalue weighted by atomic mass is 10.2. The third kappa shape index (κ3) is 4.11. The Morgan fingerprint density at radius 2 is 2.37 bits per heavy atom. The van der Waals surface area contributed by atoms with Crippen LogP contribution in [0.3, 0.4) is 0 Å². The van der Waals surface area contributed by atoms with Gasteiger partial charge in [0, 0.05) is 19.7 Å². The molecule has 0 aliphatic carbocycles. The Kier molecular flexibility index (Phi) is 5.10. The number of hydrogen-bond acceptors (Lipinski definition) is 3. The summed E-state index contributed by atoms with van der Waals surface area (Å²) in [5.74, 6) is 1.73. The van der Waals surface area contributed by atoms with Gasteiger partial charge in [0.2, 0.25) is 0 Å². The molecule has 2 aliphatic rings. The lowest BCUT2D eigenvalue weighted by Crippen LogP contribution is -2.43. The van der Waals surface area contributed by atoms with E-state index in [-0.39, 0.29) is 0 Å². The fraction of sp³-hybridized carbons (Fsp3) is 0.733. The molecule has 0 aromatic rings. The zero-order valence-corrected chi connectivity index (χ0v) is 13.5. The van der Waals surface area contributed by atoms with E-state index in [1.165, 1.54) is 18.5 Å². The Hall–Kier alpha value is -0.743. The lowest BCUT2D eigenvalue weighted by molar-refractivity contribution is 0.115. The highest BCUT2D eigenvalue weighted by Gasteiger charge is 2.33. The standard InChI is InChI=1S/C15H27NO2Si/c1-4-18-19(3)11-7-9-16(12-14(2)13-19)15-8-5-6-10-17-15/h5-6,8,14H,4,7,9-13H2,1-3H3. The average molecular weight is 281 g/mol. The van der Waals surface area contributed by atoms with Crippen LogP contribution in [0.1, 0.15) is 20.3 Å². The van der Waals surface area contributed by atoms with Crippen LogP contribution in [0.2, 0.25) is 18.6 Å². The predicted octanol–water partition coefficient (Wildman–Crippen LogP) is 3.37. The molecule has 2 atom stereocenters. The maximum Gasteiger partial charge on any atom is 0.190 e. The van der Waals surface area contributed by atoms with Crippen molar-refractivity contribution in [2.75, 3.05) is 26.3 Å². The third-order valence-corrected chi connectivity index (χ3v) is 7.91. The van der Waals surface area contributed by atoms with Crippen molar-refractivity contribution in [1.82, 2.24) is 4.90 Å². The van der Waals surface area contributed by atoms with E-state index in [1.807, 2.05) is 0 Å². The normalized spacial score (nSPS) is 32.3. The van der Waals surface area contributed by atoms with Crippen LogP contribution in [0.15, 0.2) is 24.1 Å². The average Bonchev–Trinajstić information content (AvgIpc) is 2.37. The van der Waals surface area contributed by atoms with Crippen LogP contribution in [0.5, 0.6) is 0 Å². The van der Waals surface area contributed by atoms with Crippen molar-refractivity contribution in [1.29, 1.82) is 0 Å². The van der Waals surface area contributed by atoms with Gasteiger partial charge in [-0.25, -0.2) is 0 Å². The van der Waals surface area contributed by atoms with Crippen molar-refractivity contribution in [3.63, 3.8) is 0 Å². The van der Waals surface area contributed by atoms with Crippen LogP contribution in [0.25, 0.3) is 0 Å². The first-order valence-corrected chi connectivity index (χ1v) is 10.3. The second kappa shape index (κ2) is 6.62. The highest BCUT2D eigenvalue weighted by atomic mass is 28.4. The Bertz CT molecular complexity index is 356. The summed E-state index contributed by atoms with van der Waals surface area (Å²) in [7, 11) is -1.46. The molecule has 0 spiro atoms. The SMILES string of the molecule is CCO[Si]1(C)CCCN(C2=CC=CCO2)CC(C)C1. The van der Waals surface area contributed by atoms with E-state index in [2.05, 4.69) is 43.5 Å². The quantitative estimate of drug-likeness (QED) is 0.740. The van der Waals surface area contributed by atoms with E-state index < -0.39 is 8.32 Å². The molecule has 2 heterocycles. The Morgan fingerprint density at radius 1 is 1.53 bits per heavy atom. The first-order valence-electron chi connectivity index (χ1n) is 7.51. The number of hydrogen-bond donors (Lipinski definition) is 0. The molecular formula is C15H27NO2Si. The van der Waals surface area contributed by atoms with Gasteiger partial charge >= 0.3 is 0 Å². The molecule has 0 aromatic carbocycles. The van der Waals surface area contributed by atoms with Crippen molar-refractivity contribution in [3.8, 4) is 0 Å². The summed E-state index contributed by atoms with van der Waals surface area (Å²) in [5, 5.41) is 0. The van der Waals surface area contributed by atoms with Gasteiger partial charge in [0.25, 0.3) is 0 Å². The molecule has 108 valence electrons. The van der Waals surface area contributed by atoms with Crippen LogP contribution in [0, 0.1) is 5.92 Å². The minimum absolute atomic E-state index is 0.680. The van der Waals surface area contributed by atoms with Crippen molar-refractivity contribution in [2.24, 2.45) is 5.92 Å². The molecule has 3 nitrogen and oxygen atoms in total. The number of allylic oxidation sites excluding steroid dienone is 2. The number of rotatable bonds is 3. The highest BCUT2D eigenvalue weighted by molar-refractivity contribution is 6.72. The van der Waals surface area contributed by atoms with Gasteiger partial charge in [0.1, 0.15) is 6.61 Å². The van der Waals surface area contributed by atoms with Gasteiger partial charge in [0.05, 0.1) is 0 Å². The van der Waals surface area contributed by atoms with Gasteiger partial charge in [-0.1, -0.05) is 13.0 Å². The van der Waals surface area contributed by atoms with Gasteiger partial charge in [-0.3, -0.25) is 0 Å². The largest absolute Gasteiger partial charge is 0.475 e. The van der Waals surface area contributed by atoms with Gasteiger partial charge < -0.3 is 14.1 Å². The summed E-state index contributed by atoms with van der Waals surface area (Å²) >= 11 is 0. The molecular weight excluding hydrogens is 254 g/mol. The first-order chi connectivity index (χ1) is 9.13. The van der Waals surface area contributed by atoms with Crippen LogP contribution >= 0.6 is 0 Å². The predicted molar refractivity (Wildman–Crippen MR) is 81.4 cm³/mol. The van der Waals surface area contributed by atoms with E-state index >= 15 is 0 Å². The second-order valence-electron chi connectivity index (χ2n) is 5.99. The molecule has 2 aliphatic heterocycles. The Balaban J connectivity index is 1.98. The molecule has 4 heteroatoms. The van der Waals surface area contributed by atoms with Gasteiger partial charge in [0.15, 0.2) is 14.2 Å². The molecule has 0 bridgehead atoms. The summed E-state index contributed by atoms with van der Waals surface area (Å²) in [6.07, 6.45) is 7.47. The van der Waals surface area contributed by atoms with Crippen LogP contribution in [0.4, 0.5) is 0 Å². The molecule has 2 rings (SSSR count). The van der Waals surface area contributed by atoms with Crippen LogP contribution in [-0.2, 0) is 9.16 Å². The third-order valence-electron chi connectivity index (χ3n) is 3.95. The first kappa shape index (κ1) is 14.7. The summed E-state index contributed by atoms with van der Waals surface area (Å²) in [4.78, 5) is 2.41. The smallest absolute Gasteiger partial charge is 0.190 e. The van der Waals surface area contributed by atoms with E-state index in [1.54, 1.807) is 0 Å². The maximum absolute atomic E-state index is 6.12. The van der Waals surface area contributed by atoms with E-state index in [9.17, 15) is 0 Å². The minimum atomic E-state index is -1.46. The highest BCUT2D eigenvalue weighted by Crippen LogP contribution is 2.29. The molecule has 19 heavy (non-hydrogen) atoms. The van der Waals surface area contributed by atoms with Crippen molar-refractivity contribution in [2.45, 2.75) is 38.9 Å². The lowest BCUT2D eigenvalue weighted by Gasteiger charge is -2.37. The summed E-state index contributed by atoms with van der Waals surface area (Å²) < 4.78 is 11.9. The van der Waals surface area contributed by atoms with Crippen LogP contribution in [-0.4, -0.2) is 39.5 Å². The zero-order chi connectivity index (χ0) is 13.7. The summed E-state index contributed by atoms with van der Waals surface area (Å²) in [6.45, 7) is 10.7. The van der Waals surface area contributed by atoms with Gasteiger partial charge in [-0.15, -0.1) is 0 Å². The Labute approximate surface area is 118 Å². The summed E-state index contributed by atoms with van der Waals surface area (Å²) in [5.41, 5.74) is 0. The van der Waals surface area contributed by atoms with Gasteiger partial charge in [-0.05, 0) is 50.0 Å². The van der Waals surface area contributed by atoms with Crippen molar-refractivity contribution < 1.29 is 9.16 Å². The molecule has 0 amide bonds. The zero-order valence-electron chi connectivity index (χ0n) is 12.5. The topological polar surface area (TPSA) is 21.7 Å². The molecule has 0 radical (unpaired) electrons. The Morgan fingerprint density at radius 3 is 3.05 bits per heavy atom. The minimum Gasteiger partial charge on any atom is -0.475 e. The van der Waals surface area contributed by atoms with E-state index in [0.717, 1.165) is 25.6 Å². The van der Waals surface area contributed by atoms with E-state index in [0.29, 0.717) is 12.5 Å². The second-order valence-corrected chi connectivity index (χ2v) is 10.1. The maximum atomic E-state index is 6.12. The molecule has 0 saturated carbocycles. The summed E-state index contributed by atoms with van der Waals surface area (Å²) in [6, 6.07) is 2.53. The fourth-order valence-corrected chi connectivity index (χ4v) is 6.95. The van der Waals surface area contributed by atoms with Crippen molar-refractivity contribution in [3.05, 3.63) is 24.1 Å². The van der Waals surface area contributed by atoms with Crippen LogP contribution < -0.4 is 0 Å². The fourth-order valence-electron chi connectivity index (χ4n) is 3.28. The number of ether oxygens (including phenoxy) is 1.